The molecule has 0 radical (unpaired) electrons. The third-order valence-corrected chi connectivity index (χ3v) is 3.45. The van der Waals surface area contributed by atoms with E-state index in [0.717, 1.165) is 11.3 Å². The molecular formula is C13H13N3O4S. The zero-order chi connectivity index (χ0) is 15.4. The highest BCUT2D eigenvalue weighted by atomic mass is 32.1. The maximum absolute atomic E-state index is 11.8. The Hall–Kier alpha value is -2.61. The van der Waals surface area contributed by atoms with Crippen LogP contribution >= 0.6 is 11.3 Å². The lowest BCUT2D eigenvalue weighted by molar-refractivity contribution is 0.0595. The molecule has 2 N–H and O–H groups in total. The lowest BCUT2D eigenvalue weighted by Gasteiger charge is -2.19. The number of methoxy groups -OCH3 is 2. The number of benzene rings is 1. The first-order valence-electron chi connectivity index (χ1n) is 5.85. The van der Waals surface area contributed by atoms with Crippen molar-refractivity contribution in [3.05, 3.63) is 35.3 Å². The molecule has 1 aromatic carbocycles. The molecule has 0 aliphatic carbocycles. The molecular weight excluding hydrogens is 294 g/mol. The number of para-hydroxylation sites is 2. The molecule has 110 valence electrons. The number of ether oxygens (including phenoxy) is 2. The quantitative estimate of drug-likeness (QED) is 0.873. The fourth-order valence-corrected chi connectivity index (χ4v) is 2.51. The Morgan fingerprint density at radius 1 is 1.29 bits per heavy atom. The number of anilines is 2. The number of thiazole rings is 1. The van der Waals surface area contributed by atoms with Gasteiger partial charge in [0, 0.05) is 5.38 Å². The van der Waals surface area contributed by atoms with E-state index in [1.54, 1.807) is 24.3 Å². The first-order valence-corrected chi connectivity index (χ1v) is 6.73. The number of nitrogens with zero attached hydrogens (tertiary/aromatic N) is 2. The average molecular weight is 307 g/mol. The second-order valence-corrected chi connectivity index (χ2v) is 4.69. The Labute approximate surface area is 124 Å². The molecule has 0 unspecified atom stereocenters. The summed E-state index contributed by atoms with van der Waals surface area (Å²) in [5.41, 5.74) is 5.98. The number of carbonyl (C=O) groups is 2. The van der Waals surface area contributed by atoms with Crippen LogP contribution in [0.5, 0.6) is 5.75 Å². The maximum Gasteiger partial charge on any atom is 0.357 e. The monoisotopic (exact) mass is 307 g/mol. The summed E-state index contributed by atoms with van der Waals surface area (Å²) in [6.45, 7) is 0. The number of primary amides is 1. The zero-order valence-corrected chi connectivity index (χ0v) is 12.2. The molecule has 0 bridgehead atoms. The first kappa shape index (κ1) is 14.8. The van der Waals surface area contributed by atoms with Gasteiger partial charge in [0.1, 0.15) is 5.75 Å². The molecule has 2 rings (SSSR count). The van der Waals surface area contributed by atoms with E-state index < -0.39 is 12.0 Å². The van der Waals surface area contributed by atoms with Gasteiger partial charge in [-0.2, -0.15) is 0 Å². The van der Waals surface area contributed by atoms with Gasteiger partial charge in [-0.25, -0.2) is 19.5 Å². The Morgan fingerprint density at radius 2 is 2.00 bits per heavy atom. The van der Waals surface area contributed by atoms with Crippen molar-refractivity contribution in [2.75, 3.05) is 19.1 Å². The van der Waals surface area contributed by atoms with E-state index in [1.165, 1.54) is 24.5 Å². The number of rotatable bonds is 4. The van der Waals surface area contributed by atoms with Gasteiger partial charge in [0.15, 0.2) is 10.8 Å². The Bertz CT molecular complexity index is 671. The number of nitrogens with two attached hydrogens (primary N) is 1. The molecule has 2 amide bonds. The third kappa shape index (κ3) is 2.95. The van der Waals surface area contributed by atoms with Crippen molar-refractivity contribution in [1.29, 1.82) is 0 Å². The summed E-state index contributed by atoms with van der Waals surface area (Å²) in [6.07, 6.45) is 0. The van der Waals surface area contributed by atoms with E-state index in [1.807, 2.05) is 0 Å². The highest BCUT2D eigenvalue weighted by Gasteiger charge is 2.23. The van der Waals surface area contributed by atoms with E-state index in [0.29, 0.717) is 11.4 Å². The lowest BCUT2D eigenvalue weighted by atomic mass is 10.3. The van der Waals surface area contributed by atoms with Crippen LogP contribution in [0.25, 0.3) is 0 Å². The van der Waals surface area contributed by atoms with Crippen molar-refractivity contribution in [2.45, 2.75) is 0 Å². The van der Waals surface area contributed by atoms with Crippen molar-refractivity contribution >= 4 is 34.2 Å². The smallest absolute Gasteiger partial charge is 0.357 e. The summed E-state index contributed by atoms with van der Waals surface area (Å²) in [6, 6.07) is 6.14. The van der Waals surface area contributed by atoms with Crippen molar-refractivity contribution < 1.29 is 19.1 Å². The molecule has 0 fully saturated rings. The SMILES string of the molecule is COC(=O)c1csc(N(C(N)=O)c2ccccc2OC)n1. The fourth-order valence-electron chi connectivity index (χ4n) is 1.70. The van der Waals surface area contributed by atoms with Gasteiger partial charge in [0.2, 0.25) is 0 Å². The standard InChI is InChI=1S/C13H13N3O4S/c1-19-10-6-4-3-5-9(10)16(12(14)18)13-15-8(7-21-13)11(17)20-2/h3-7H,1-2H3,(H2,14,18). The number of carbonyl (C=O) groups excluding carboxylic acids is 2. The highest BCUT2D eigenvalue weighted by molar-refractivity contribution is 7.14. The van der Waals surface area contributed by atoms with Gasteiger partial charge in [0.05, 0.1) is 19.9 Å². The molecule has 0 aliphatic rings. The molecule has 1 aromatic heterocycles. The molecule has 0 saturated carbocycles. The number of hydrogen-bond donors (Lipinski definition) is 1. The van der Waals surface area contributed by atoms with Crippen LogP contribution in [-0.2, 0) is 4.74 Å². The minimum Gasteiger partial charge on any atom is -0.495 e. The van der Waals surface area contributed by atoms with Gasteiger partial charge in [-0.3, -0.25) is 0 Å². The van der Waals surface area contributed by atoms with Crippen LogP contribution in [0.3, 0.4) is 0 Å². The van der Waals surface area contributed by atoms with E-state index in [4.69, 9.17) is 10.5 Å². The van der Waals surface area contributed by atoms with Gasteiger partial charge in [-0.05, 0) is 12.1 Å². The number of aromatic nitrogens is 1. The number of amides is 2. The van der Waals surface area contributed by atoms with Gasteiger partial charge in [0.25, 0.3) is 0 Å². The Morgan fingerprint density at radius 3 is 2.62 bits per heavy atom. The predicted octanol–water partition coefficient (Wildman–Crippen LogP) is 2.16. The summed E-state index contributed by atoms with van der Waals surface area (Å²) in [5.74, 6) is -0.118. The molecule has 0 saturated heterocycles. The summed E-state index contributed by atoms with van der Waals surface area (Å²) < 4.78 is 9.80. The highest BCUT2D eigenvalue weighted by Crippen LogP contribution is 2.35. The maximum atomic E-state index is 11.8. The van der Waals surface area contributed by atoms with E-state index in [2.05, 4.69) is 9.72 Å². The molecule has 7 nitrogen and oxygen atoms in total. The Kier molecular flexibility index (Phi) is 4.39. The van der Waals surface area contributed by atoms with E-state index in [-0.39, 0.29) is 10.8 Å². The zero-order valence-electron chi connectivity index (χ0n) is 11.4. The summed E-state index contributed by atoms with van der Waals surface area (Å²) in [7, 11) is 2.74. The first-order chi connectivity index (χ1) is 10.1. The third-order valence-electron chi connectivity index (χ3n) is 2.62. The van der Waals surface area contributed by atoms with Crippen molar-refractivity contribution in [1.82, 2.24) is 4.98 Å². The second-order valence-electron chi connectivity index (χ2n) is 3.85. The number of hydrogen-bond acceptors (Lipinski definition) is 6. The number of urea groups is 1. The van der Waals surface area contributed by atoms with Crippen LogP contribution in [0.4, 0.5) is 15.6 Å². The summed E-state index contributed by atoms with van der Waals surface area (Å²) >= 11 is 1.10. The van der Waals surface area contributed by atoms with Crippen LogP contribution in [0.1, 0.15) is 10.5 Å². The molecule has 2 aromatic rings. The molecule has 0 atom stereocenters. The average Bonchev–Trinajstić information content (AvgIpc) is 2.96. The summed E-state index contributed by atoms with van der Waals surface area (Å²) in [4.78, 5) is 28.4. The lowest BCUT2D eigenvalue weighted by Crippen LogP contribution is -2.31. The van der Waals surface area contributed by atoms with E-state index >= 15 is 0 Å². The largest absolute Gasteiger partial charge is 0.495 e. The fraction of sp³-hybridized carbons (Fsp3) is 0.154. The van der Waals surface area contributed by atoms with Crippen molar-refractivity contribution in [2.24, 2.45) is 5.73 Å². The van der Waals surface area contributed by atoms with Crippen molar-refractivity contribution in [3.8, 4) is 5.75 Å². The number of esters is 1. The molecule has 0 spiro atoms. The minimum atomic E-state index is -0.731. The topological polar surface area (TPSA) is 94.8 Å². The molecule has 21 heavy (non-hydrogen) atoms. The van der Waals surface area contributed by atoms with E-state index in [9.17, 15) is 9.59 Å². The minimum absolute atomic E-state index is 0.110. The summed E-state index contributed by atoms with van der Waals surface area (Å²) in [5, 5.41) is 1.75. The second kappa shape index (κ2) is 6.23. The van der Waals surface area contributed by atoms with Crippen LogP contribution in [0.15, 0.2) is 29.6 Å². The van der Waals surface area contributed by atoms with Gasteiger partial charge < -0.3 is 15.2 Å². The molecule has 1 heterocycles. The van der Waals surface area contributed by atoms with Gasteiger partial charge >= 0.3 is 12.0 Å². The predicted molar refractivity (Wildman–Crippen MR) is 78.2 cm³/mol. The van der Waals surface area contributed by atoms with Crippen LogP contribution in [0, 0.1) is 0 Å². The van der Waals surface area contributed by atoms with Crippen molar-refractivity contribution in [3.63, 3.8) is 0 Å². The van der Waals surface area contributed by atoms with Gasteiger partial charge in [-0.1, -0.05) is 12.1 Å². The Balaban J connectivity index is 2.47. The molecule has 0 aliphatic heterocycles. The van der Waals surface area contributed by atoms with Crippen LogP contribution < -0.4 is 15.4 Å². The van der Waals surface area contributed by atoms with Crippen LogP contribution in [0.2, 0.25) is 0 Å². The molecule has 8 heteroatoms. The normalized spacial score (nSPS) is 10.0. The van der Waals surface area contributed by atoms with Gasteiger partial charge in [-0.15, -0.1) is 11.3 Å². The van der Waals surface area contributed by atoms with Crippen LogP contribution in [-0.4, -0.2) is 31.2 Å².